The highest BCUT2D eigenvalue weighted by Crippen LogP contribution is 2.27. The fraction of sp³-hybridized carbons (Fsp3) is 0.150. The summed E-state index contributed by atoms with van der Waals surface area (Å²) in [5.74, 6) is -0.152. The lowest BCUT2D eigenvalue weighted by Gasteiger charge is -2.10. The second-order valence-electron chi connectivity index (χ2n) is 6.09. The van der Waals surface area contributed by atoms with Gasteiger partial charge in [-0.2, -0.15) is 0 Å². The number of aliphatic hydroxyl groups is 1. The van der Waals surface area contributed by atoms with Crippen molar-refractivity contribution in [2.45, 2.75) is 6.10 Å². The first-order valence-corrected chi connectivity index (χ1v) is 8.94. The van der Waals surface area contributed by atoms with Gasteiger partial charge in [0.05, 0.1) is 11.0 Å². The van der Waals surface area contributed by atoms with Crippen molar-refractivity contribution in [3.05, 3.63) is 71.2 Å². The van der Waals surface area contributed by atoms with Crippen LogP contribution in [0.25, 0.3) is 21.0 Å². The number of carbonyl (C=O) groups excluding carboxylic acids is 1. The number of thiophene rings is 1. The molecule has 4 nitrogen and oxygen atoms in total. The number of rotatable bonds is 4. The zero-order valence-electron chi connectivity index (χ0n) is 13.8. The molecule has 0 saturated carbocycles. The maximum atomic E-state index is 12.4. The first kappa shape index (κ1) is 15.9. The van der Waals surface area contributed by atoms with Crippen LogP contribution < -0.4 is 5.32 Å². The van der Waals surface area contributed by atoms with Gasteiger partial charge in [-0.25, -0.2) is 0 Å². The first-order chi connectivity index (χ1) is 12.1. The quantitative estimate of drug-likeness (QED) is 0.587. The zero-order chi connectivity index (χ0) is 17.4. The molecule has 0 radical (unpaired) electrons. The molecule has 2 aromatic carbocycles. The van der Waals surface area contributed by atoms with Crippen molar-refractivity contribution in [1.82, 2.24) is 9.88 Å². The number of aromatic nitrogens is 1. The summed E-state index contributed by atoms with van der Waals surface area (Å²) in [5.41, 5.74) is 1.89. The van der Waals surface area contributed by atoms with Crippen molar-refractivity contribution in [3.8, 4) is 0 Å². The van der Waals surface area contributed by atoms with Gasteiger partial charge >= 0.3 is 0 Å². The van der Waals surface area contributed by atoms with Gasteiger partial charge in [-0.05, 0) is 23.6 Å². The number of aliphatic hydroxyl groups excluding tert-OH is 1. The second kappa shape index (κ2) is 6.35. The predicted octanol–water partition coefficient (Wildman–Crippen LogP) is 3.86. The Hall–Kier alpha value is -2.63. The van der Waals surface area contributed by atoms with Crippen LogP contribution in [0.5, 0.6) is 0 Å². The molecule has 4 aromatic rings. The Labute approximate surface area is 149 Å². The van der Waals surface area contributed by atoms with Crippen LogP contribution >= 0.6 is 11.3 Å². The molecule has 0 saturated heterocycles. The number of amides is 1. The topological polar surface area (TPSA) is 54.3 Å². The third kappa shape index (κ3) is 2.92. The van der Waals surface area contributed by atoms with Gasteiger partial charge in [0.1, 0.15) is 0 Å². The molecule has 1 unspecified atom stereocenters. The van der Waals surface area contributed by atoms with Gasteiger partial charge in [0, 0.05) is 41.0 Å². The summed E-state index contributed by atoms with van der Waals surface area (Å²) in [6, 6.07) is 17.7. The summed E-state index contributed by atoms with van der Waals surface area (Å²) in [7, 11) is 1.95. The highest BCUT2D eigenvalue weighted by Gasteiger charge is 2.16. The molecule has 5 heteroatoms. The van der Waals surface area contributed by atoms with Gasteiger partial charge in [-0.3, -0.25) is 4.79 Å². The van der Waals surface area contributed by atoms with E-state index in [1.54, 1.807) is 0 Å². The highest BCUT2D eigenvalue weighted by molar-refractivity contribution is 7.20. The molecule has 0 fully saturated rings. The van der Waals surface area contributed by atoms with E-state index in [0.29, 0.717) is 4.88 Å². The Morgan fingerprint density at radius 3 is 2.80 bits per heavy atom. The molecule has 0 aliphatic carbocycles. The van der Waals surface area contributed by atoms with Gasteiger partial charge in [0.2, 0.25) is 0 Å². The van der Waals surface area contributed by atoms with Gasteiger partial charge in [-0.1, -0.05) is 36.4 Å². The molecule has 2 N–H and O–H groups in total. The summed E-state index contributed by atoms with van der Waals surface area (Å²) in [5, 5.41) is 15.5. The molecule has 126 valence electrons. The number of para-hydroxylation sites is 1. The number of benzene rings is 2. The molecular weight excluding hydrogens is 332 g/mol. The van der Waals surface area contributed by atoms with Crippen molar-refractivity contribution < 1.29 is 9.90 Å². The van der Waals surface area contributed by atoms with Crippen LogP contribution in [0.3, 0.4) is 0 Å². The summed E-state index contributed by atoms with van der Waals surface area (Å²) in [6.07, 6.45) is 1.17. The molecule has 0 bridgehead atoms. The van der Waals surface area contributed by atoms with Crippen molar-refractivity contribution in [2.24, 2.45) is 7.05 Å². The molecule has 4 rings (SSSR count). The van der Waals surface area contributed by atoms with Crippen LogP contribution in [0, 0.1) is 0 Å². The average Bonchev–Trinajstić information content (AvgIpc) is 3.21. The van der Waals surface area contributed by atoms with Crippen molar-refractivity contribution >= 4 is 38.2 Å². The van der Waals surface area contributed by atoms with E-state index in [0.717, 1.165) is 26.6 Å². The minimum Gasteiger partial charge on any atom is -0.386 e. The second-order valence-corrected chi connectivity index (χ2v) is 7.17. The van der Waals surface area contributed by atoms with Crippen molar-refractivity contribution in [1.29, 1.82) is 0 Å². The van der Waals surface area contributed by atoms with E-state index in [9.17, 15) is 9.90 Å². The number of nitrogens with one attached hydrogen (secondary N) is 1. The van der Waals surface area contributed by atoms with Gasteiger partial charge in [0.15, 0.2) is 0 Å². The SMILES string of the molecule is Cn1cc(C(O)CNC(=O)c2cc3ccccc3s2)c2ccccc21. The fourth-order valence-electron chi connectivity index (χ4n) is 3.12. The Bertz CT molecular complexity index is 1030. The molecule has 0 aliphatic heterocycles. The van der Waals surface area contributed by atoms with E-state index >= 15 is 0 Å². The normalized spacial score (nSPS) is 12.6. The van der Waals surface area contributed by atoms with E-state index in [1.165, 1.54) is 11.3 Å². The number of nitrogens with zero attached hydrogens (tertiary/aromatic N) is 1. The largest absolute Gasteiger partial charge is 0.386 e. The molecular formula is C20H18N2O2S. The van der Waals surface area contributed by atoms with Crippen LogP contribution in [0.15, 0.2) is 60.8 Å². The Balaban J connectivity index is 1.51. The number of hydrogen-bond acceptors (Lipinski definition) is 3. The predicted molar refractivity (Wildman–Crippen MR) is 102 cm³/mol. The Kier molecular flexibility index (Phi) is 4.03. The highest BCUT2D eigenvalue weighted by atomic mass is 32.1. The lowest BCUT2D eigenvalue weighted by molar-refractivity contribution is 0.0921. The van der Waals surface area contributed by atoms with Gasteiger partial charge in [0.25, 0.3) is 5.91 Å². The molecule has 1 atom stereocenters. The van der Waals surface area contributed by atoms with Crippen molar-refractivity contribution in [2.75, 3.05) is 6.54 Å². The summed E-state index contributed by atoms with van der Waals surface area (Å²) < 4.78 is 3.07. The maximum absolute atomic E-state index is 12.4. The zero-order valence-corrected chi connectivity index (χ0v) is 14.6. The third-order valence-electron chi connectivity index (χ3n) is 4.39. The summed E-state index contributed by atoms with van der Waals surface area (Å²) in [6.45, 7) is 0.182. The monoisotopic (exact) mass is 350 g/mol. The lowest BCUT2D eigenvalue weighted by Crippen LogP contribution is -2.27. The van der Waals surface area contributed by atoms with Crippen LogP contribution in [-0.4, -0.2) is 22.1 Å². The van der Waals surface area contributed by atoms with Gasteiger partial charge in [-0.15, -0.1) is 11.3 Å². The van der Waals surface area contributed by atoms with Gasteiger partial charge < -0.3 is 15.0 Å². The standard InChI is InChI=1S/C20H18N2O2S/c1-22-12-15(14-7-3-4-8-16(14)22)17(23)11-21-20(24)19-10-13-6-2-5-9-18(13)25-19/h2-10,12,17,23H,11H2,1H3,(H,21,24). The Morgan fingerprint density at radius 2 is 1.96 bits per heavy atom. The maximum Gasteiger partial charge on any atom is 0.261 e. The lowest BCUT2D eigenvalue weighted by atomic mass is 10.1. The molecule has 25 heavy (non-hydrogen) atoms. The number of fused-ring (bicyclic) bond motifs is 2. The van der Waals surface area contributed by atoms with E-state index in [4.69, 9.17) is 0 Å². The minimum absolute atomic E-state index is 0.152. The van der Waals surface area contributed by atoms with E-state index in [2.05, 4.69) is 5.32 Å². The third-order valence-corrected chi connectivity index (χ3v) is 5.51. The van der Waals surface area contributed by atoms with Crippen LogP contribution in [0.1, 0.15) is 21.3 Å². The van der Waals surface area contributed by atoms with Crippen molar-refractivity contribution in [3.63, 3.8) is 0 Å². The van der Waals surface area contributed by atoms with Crippen LogP contribution in [0.4, 0.5) is 0 Å². The summed E-state index contributed by atoms with van der Waals surface area (Å²) in [4.78, 5) is 13.1. The molecule has 2 aromatic heterocycles. The summed E-state index contributed by atoms with van der Waals surface area (Å²) >= 11 is 1.46. The number of hydrogen-bond donors (Lipinski definition) is 2. The molecule has 0 spiro atoms. The molecule has 0 aliphatic rings. The first-order valence-electron chi connectivity index (χ1n) is 8.12. The Morgan fingerprint density at radius 1 is 1.20 bits per heavy atom. The number of carbonyl (C=O) groups is 1. The number of aryl methyl sites for hydroxylation is 1. The minimum atomic E-state index is -0.746. The van der Waals surface area contributed by atoms with E-state index in [-0.39, 0.29) is 12.5 Å². The fourth-order valence-corrected chi connectivity index (χ4v) is 4.10. The molecule has 2 heterocycles. The average molecular weight is 350 g/mol. The van der Waals surface area contributed by atoms with Crippen LogP contribution in [0.2, 0.25) is 0 Å². The molecule has 1 amide bonds. The van der Waals surface area contributed by atoms with E-state index in [1.807, 2.05) is 72.4 Å². The van der Waals surface area contributed by atoms with E-state index < -0.39 is 6.10 Å². The smallest absolute Gasteiger partial charge is 0.261 e. The van der Waals surface area contributed by atoms with Crippen LogP contribution in [-0.2, 0) is 7.05 Å².